The van der Waals surface area contributed by atoms with Crippen LogP contribution in [0.2, 0.25) is 0 Å². The van der Waals surface area contributed by atoms with Crippen LogP contribution >= 0.6 is 45.2 Å². The van der Waals surface area contributed by atoms with Crippen LogP contribution < -0.4 is 10.6 Å². The number of nitrogens with one attached hydrogen (secondary N) is 2. The first-order valence-electron chi connectivity index (χ1n) is 8.87. The third-order valence-corrected chi connectivity index (χ3v) is 6.90. The molecule has 3 rings (SSSR count). The van der Waals surface area contributed by atoms with Gasteiger partial charge >= 0.3 is 0 Å². The van der Waals surface area contributed by atoms with Crippen LogP contribution in [0.4, 0.5) is 11.4 Å². The summed E-state index contributed by atoms with van der Waals surface area (Å²) in [7, 11) is 0. The van der Waals surface area contributed by atoms with Crippen molar-refractivity contribution in [1.82, 2.24) is 0 Å². The number of halogens is 2. The molecular weight excluding hydrogens is 566 g/mol. The fraction of sp³-hybridized carbons (Fsp3) is 0.333. The van der Waals surface area contributed by atoms with Crippen molar-refractivity contribution in [3.8, 4) is 0 Å². The first-order valence-corrected chi connectivity index (χ1v) is 11.0. The largest absolute Gasteiger partial charge is 0.326 e. The Kier molecular flexibility index (Phi) is 6.45. The van der Waals surface area contributed by atoms with Crippen LogP contribution in [-0.2, 0) is 9.59 Å². The Bertz CT molecular complexity index is 832. The van der Waals surface area contributed by atoms with E-state index in [0.717, 1.165) is 24.9 Å². The van der Waals surface area contributed by atoms with Gasteiger partial charge in [0.15, 0.2) is 0 Å². The minimum absolute atomic E-state index is 0.00535. The van der Waals surface area contributed by atoms with Crippen LogP contribution in [0.5, 0.6) is 0 Å². The first kappa shape index (κ1) is 20.6. The molecule has 1 saturated carbocycles. The number of hydrogen-bond acceptors (Lipinski definition) is 2. The van der Waals surface area contributed by atoms with Gasteiger partial charge in [-0.25, -0.2) is 0 Å². The number of carbonyl (C=O) groups is 2. The Morgan fingerprint density at radius 2 is 1.41 bits per heavy atom. The van der Waals surface area contributed by atoms with Gasteiger partial charge in [0, 0.05) is 30.9 Å². The van der Waals surface area contributed by atoms with Crippen molar-refractivity contribution >= 4 is 68.4 Å². The van der Waals surface area contributed by atoms with Gasteiger partial charge < -0.3 is 10.6 Å². The topological polar surface area (TPSA) is 58.2 Å². The van der Waals surface area contributed by atoms with Crippen molar-refractivity contribution in [2.45, 2.75) is 26.7 Å². The molecule has 0 spiro atoms. The molecule has 142 valence electrons. The highest BCUT2D eigenvalue weighted by molar-refractivity contribution is 14.1. The van der Waals surface area contributed by atoms with Gasteiger partial charge in [0.05, 0.1) is 0 Å². The molecule has 2 atom stereocenters. The lowest BCUT2D eigenvalue weighted by Crippen LogP contribution is -2.51. The van der Waals surface area contributed by atoms with Crippen molar-refractivity contribution < 1.29 is 9.59 Å². The van der Waals surface area contributed by atoms with E-state index in [0.29, 0.717) is 6.42 Å². The molecule has 2 aromatic carbocycles. The zero-order valence-corrected chi connectivity index (χ0v) is 19.6. The van der Waals surface area contributed by atoms with Gasteiger partial charge in [-0.2, -0.15) is 0 Å². The lowest BCUT2D eigenvalue weighted by molar-refractivity contribution is -0.138. The van der Waals surface area contributed by atoms with E-state index < -0.39 is 0 Å². The molecule has 1 aliphatic carbocycles. The Labute approximate surface area is 187 Å². The zero-order valence-electron chi connectivity index (χ0n) is 15.3. The van der Waals surface area contributed by atoms with E-state index in [9.17, 15) is 9.59 Å². The van der Waals surface area contributed by atoms with Crippen molar-refractivity contribution in [2.75, 3.05) is 10.6 Å². The average Bonchev–Trinajstić information content (AvgIpc) is 2.62. The quantitative estimate of drug-likeness (QED) is 0.452. The average molecular weight is 588 g/mol. The van der Waals surface area contributed by atoms with Crippen molar-refractivity contribution in [1.29, 1.82) is 0 Å². The first-order chi connectivity index (χ1) is 12.8. The van der Waals surface area contributed by atoms with Gasteiger partial charge in [-0.05, 0) is 111 Å². The number of amides is 2. The van der Waals surface area contributed by atoms with Gasteiger partial charge in [0.1, 0.15) is 0 Å². The van der Waals surface area contributed by atoms with Crippen LogP contribution in [0.1, 0.15) is 26.7 Å². The molecule has 2 amide bonds. The van der Waals surface area contributed by atoms with Gasteiger partial charge in [-0.1, -0.05) is 13.8 Å². The van der Waals surface area contributed by atoms with Crippen LogP contribution in [0.15, 0.2) is 48.5 Å². The second-order valence-corrected chi connectivity index (χ2v) is 10.1. The molecule has 4 nitrogen and oxygen atoms in total. The second-order valence-electron chi connectivity index (χ2n) is 7.56. The van der Waals surface area contributed by atoms with Crippen LogP contribution in [0, 0.1) is 24.4 Å². The molecule has 0 radical (unpaired) electrons. The number of carbonyl (C=O) groups excluding carboxylic acids is 2. The molecule has 0 saturated heterocycles. The number of hydrogen-bond donors (Lipinski definition) is 2. The summed E-state index contributed by atoms with van der Waals surface area (Å²) in [6.45, 7) is 4.16. The molecule has 0 heterocycles. The summed E-state index contributed by atoms with van der Waals surface area (Å²) in [5, 5.41) is 5.95. The summed E-state index contributed by atoms with van der Waals surface area (Å²) < 4.78 is 2.27. The second kappa shape index (κ2) is 8.46. The predicted molar refractivity (Wildman–Crippen MR) is 126 cm³/mol. The maximum Gasteiger partial charge on any atom is 0.228 e. The van der Waals surface area contributed by atoms with E-state index in [2.05, 4.69) is 69.7 Å². The Hall–Kier alpha value is -1.16. The Morgan fingerprint density at radius 1 is 0.926 bits per heavy atom. The maximum absolute atomic E-state index is 12.6. The molecule has 0 aromatic heterocycles. The Morgan fingerprint density at radius 3 is 1.89 bits per heavy atom. The Balaban J connectivity index is 1.54. The van der Waals surface area contributed by atoms with Crippen molar-refractivity contribution in [3.63, 3.8) is 0 Å². The van der Waals surface area contributed by atoms with E-state index >= 15 is 0 Å². The lowest BCUT2D eigenvalue weighted by atomic mass is 9.53. The highest BCUT2D eigenvalue weighted by atomic mass is 127. The summed E-state index contributed by atoms with van der Waals surface area (Å²) in [6, 6.07) is 15.5. The van der Waals surface area contributed by atoms with Crippen LogP contribution in [0.3, 0.4) is 0 Å². The minimum Gasteiger partial charge on any atom is -0.326 e. The van der Waals surface area contributed by atoms with E-state index in [1.54, 1.807) is 0 Å². The number of rotatable bonds is 5. The molecule has 27 heavy (non-hydrogen) atoms. The minimum atomic E-state index is -0.198. The summed E-state index contributed by atoms with van der Waals surface area (Å²) in [6.07, 6.45) is 1.18. The van der Waals surface area contributed by atoms with Gasteiger partial charge in [0.2, 0.25) is 11.8 Å². The summed E-state index contributed by atoms with van der Waals surface area (Å²) in [5.41, 5.74) is 1.43. The van der Waals surface area contributed by atoms with E-state index in [-0.39, 0.29) is 29.1 Å². The maximum atomic E-state index is 12.6. The number of benzene rings is 2. The highest BCUT2D eigenvalue weighted by Gasteiger charge is 2.51. The molecule has 1 aliphatic rings. The predicted octanol–water partition coefficient (Wildman–Crippen LogP) is 5.53. The fourth-order valence-corrected chi connectivity index (χ4v) is 4.26. The molecule has 2 unspecified atom stereocenters. The lowest BCUT2D eigenvalue weighted by Gasteiger charge is -2.51. The third kappa shape index (κ3) is 5.01. The summed E-state index contributed by atoms with van der Waals surface area (Å²) in [5.74, 6) is 0.169. The summed E-state index contributed by atoms with van der Waals surface area (Å²) >= 11 is 4.48. The SMILES string of the molecule is CC1(C)C(CC(=O)Nc2ccc(I)cc2)CC1C(=O)Nc1ccc(I)cc1. The van der Waals surface area contributed by atoms with Gasteiger partial charge in [0.25, 0.3) is 0 Å². The summed E-state index contributed by atoms with van der Waals surface area (Å²) in [4.78, 5) is 25.0. The van der Waals surface area contributed by atoms with Gasteiger partial charge in [-0.3, -0.25) is 9.59 Å². The monoisotopic (exact) mass is 588 g/mol. The zero-order chi connectivity index (χ0) is 19.6. The van der Waals surface area contributed by atoms with Crippen molar-refractivity contribution in [2.24, 2.45) is 17.3 Å². The molecule has 0 aliphatic heterocycles. The highest BCUT2D eigenvalue weighted by Crippen LogP contribution is 2.53. The smallest absolute Gasteiger partial charge is 0.228 e. The van der Waals surface area contributed by atoms with Crippen molar-refractivity contribution in [3.05, 3.63) is 55.7 Å². The van der Waals surface area contributed by atoms with E-state index in [1.807, 2.05) is 48.5 Å². The third-order valence-electron chi connectivity index (χ3n) is 5.46. The molecule has 2 N–H and O–H groups in total. The molecular formula is C21H22I2N2O2. The molecule has 2 aromatic rings. The normalized spacial score (nSPS) is 20.4. The standard InChI is InChI=1S/C21H22I2N2O2/c1-21(2)13(12-19(26)24-16-7-3-14(22)4-8-16)11-18(21)20(27)25-17-9-5-15(23)6-10-17/h3-10,13,18H,11-12H2,1-2H3,(H,24,26)(H,25,27). The van der Waals surface area contributed by atoms with E-state index in [4.69, 9.17) is 0 Å². The molecule has 1 fully saturated rings. The number of anilines is 2. The molecule has 6 heteroatoms. The van der Waals surface area contributed by atoms with E-state index in [1.165, 1.54) is 0 Å². The molecule has 0 bridgehead atoms. The van der Waals surface area contributed by atoms with Crippen LogP contribution in [0.25, 0.3) is 0 Å². The van der Waals surface area contributed by atoms with Gasteiger partial charge in [-0.15, -0.1) is 0 Å². The fourth-order valence-electron chi connectivity index (χ4n) is 3.54. The van der Waals surface area contributed by atoms with Crippen LogP contribution in [-0.4, -0.2) is 11.8 Å².